The highest BCUT2D eigenvalue weighted by molar-refractivity contribution is 6.01. The molecule has 2 aromatic heterocycles. The van der Waals surface area contributed by atoms with Crippen molar-refractivity contribution >= 4 is 36.2 Å². The first-order valence-electron chi connectivity index (χ1n) is 13.7. The Morgan fingerprint density at radius 2 is 1.63 bits per heavy atom. The molecule has 0 radical (unpaired) electrons. The van der Waals surface area contributed by atoms with Gasteiger partial charge in [0.05, 0.1) is 17.6 Å². The molecule has 0 unspecified atom stereocenters. The fraction of sp³-hybridized carbons (Fsp3) is 0.273. The van der Waals surface area contributed by atoms with E-state index in [1.54, 1.807) is 32.2 Å². The highest BCUT2D eigenvalue weighted by Crippen LogP contribution is 2.31. The van der Waals surface area contributed by atoms with Crippen LogP contribution in [0.15, 0.2) is 64.5 Å². The monoisotopic (exact) mass is 586 g/mol. The van der Waals surface area contributed by atoms with Gasteiger partial charge in [0, 0.05) is 53.1 Å². The van der Waals surface area contributed by atoms with Gasteiger partial charge in [-0.3, -0.25) is 19.4 Å². The molecule has 0 aliphatic carbocycles. The molecule has 0 spiro atoms. The number of aliphatic imine (C=N–C) groups is 1. The average Bonchev–Trinajstić information content (AvgIpc) is 3.49. The van der Waals surface area contributed by atoms with Gasteiger partial charge in [-0.2, -0.15) is 0 Å². The molecule has 10 heteroatoms. The number of aromatic nitrogens is 2. The zero-order valence-electron chi connectivity index (χ0n) is 25.0. The maximum Gasteiger partial charge on any atom is 0.303 e. The van der Waals surface area contributed by atoms with Gasteiger partial charge >= 0.3 is 11.9 Å². The molecule has 43 heavy (non-hydrogen) atoms. The van der Waals surface area contributed by atoms with E-state index in [4.69, 9.17) is 4.99 Å². The number of carbonyl (C=O) groups excluding carboxylic acids is 1. The van der Waals surface area contributed by atoms with Crippen molar-refractivity contribution in [2.24, 2.45) is 4.99 Å². The summed E-state index contributed by atoms with van der Waals surface area (Å²) in [4.78, 5) is 46.4. The second-order valence-electron chi connectivity index (χ2n) is 10.4. The SMILES string of the molecule is C=CC1=C(C)C(=O)N/C1=C\c1[nH]c(C/C(N=Cc2[nH]c(O)c(C=C)c2C)=C(\CCC(=O)O)C(=C)C)c(CCC(=O)O)c1C. The van der Waals surface area contributed by atoms with E-state index in [1.165, 1.54) is 6.08 Å². The molecule has 6 N–H and O–H groups in total. The number of carboxylic acid groups (broad SMARTS) is 2. The molecule has 0 fully saturated rings. The van der Waals surface area contributed by atoms with E-state index in [0.29, 0.717) is 56.3 Å². The topological polar surface area (TPSA) is 168 Å². The molecule has 0 aromatic carbocycles. The smallest absolute Gasteiger partial charge is 0.303 e. The van der Waals surface area contributed by atoms with E-state index in [-0.39, 0.29) is 43.9 Å². The molecule has 3 rings (SSSR count). The lowest BCUT2D eigenvalue weighted by molar-refractivity contribution is -0.138. The molecule has 3 heterocycles. The molecule has 2 aromatic rings. The number of rotatable bonds is 14. The summed E-state index contributed by atoms with van der Waals surface area (Å²) in [5.74, 6) is -2.16. The van der Waals surface area contributed by atoms with Crippen LogP contribution in [0.2, 0.25) is 0 Å². The number of hydrogen-bond donors (Lipinski definition) is 6. The van der Waals surface area contributed by atoms with Gasteiger partial charge in [0.1, 0.15) is 0 Å². The Morgan fingerprint density at radius 3 is 2.19 bits per heavy atom. The van der Waals surface area contributed by atoms with Gasteiger partial charge in [-0.05, 0) is 68.9 Å². The minimum Gasteiger partial charge on any atom is -0.494 e. The van der Waals surface area contributed by atoms with Crippen LogP contribution in [-0.4, -0.2) is 49.3 Å². The molecule has 10 nitrogen and oxygen atoms in total. The van der Waals surface area contributed by atoms with Crippen LogP contribution in [0.25, 0.3) is 12.2 Å². The van der Waals surface area contributed by atoms with Crippen molar-refractivity contribution in [2.45, 2.75) is 59.8 Å². The zero-order valence-corrected chi connectivity index (χ0v) is 25.0. The van der Waals surface area contributed by atoms with E-state index < -0.39 is 11.9 Å². The van der Waals surface area contributed by atoms with Gasteiger partial charge in [-0.25, -0.2) is 0 Å². The Labute approximate surface area is 250 Å². The highest BCUT2D eigenvalue weighted by Gasteiger charge is 2.24. The van der Waals surface area contributed by atoms with Crippen LogP contribution in [0.3, 0.4) is 0 Å². The predicted molar refractivity (Wildman–Crippen MR) is 168 cm³/mol. The maximum absolute atomic E-state index is 12.3. The van der Waals surface area contributed by atoms with Crippen LogP contribution >= 0.6 is 0 Å². The minimum atomic E-state index is -0.963. The molecular weight excluding hydrogens is 548 g/mol. The number of allylic oxidation sites excluding steroid dienone is 4. The first kappa shape index (κ1) is 32.4. The number of aromatic hydroxyl groups is 1. The van der Waals surface area contributed by atoms with Gasteiger partial charge in [-0.1, -0.05) is 37.5 Å². The fourth-order valence-electron chi connectivity index (χ4n) is 5.08. The lowest BCUT2D eigenvalue weighted by Crippen LogP contribution is -2.15. The second-order valence-corrected chi connectivity index (χ2v) is 10.4. The summed E-state index contributed by atoms with van der Waals surface area (Å²) >= 11 is 0. The molecular formula is C33H38N4O6. The number of nitrogens with one attached hydrogen (secondary N) is 3. The van der Waals surface area contributed by atoms with Crippen molar-refractivity contribution in [1.29, 1.82) is 0 Å². The third-order valence-corrected chi connectivity index (χ3v) is 7.54. The number of carbonyl (C=O) groups is 3. The summed E-state index contributed by atoms with van der Waals surface area (Å²) in [5.41, 5.74) is 8.49. The first-order valence-corrected chi connectivity index (χ1v) is 13.7. The molecule has 1 amide bonds. The normalized spacial score (nSPS) is 14.8. The molecule has 0 saturated heterocycles. The summed E-state index contributed by atoms with van der Waals surface area (Å²) in [5, 5.41) is 31.9. The predicted octanol–water partition coefficient (Wildman–Crippen LogP) is 5.66. The quantitative estimate of drug-likeness (QED) is 0.123. The summed E-state index contributed by atoms with van der Waals surface area (Å²) in [6.07, 6.45) is 6.92. The molecule has 0 bridgehead atoms. The van der Waals surface area contributed by atoms with Crippen LogP contribution in [0.1, 0.15) is 72.4 Å². The molecule has 1 aliphatic heterocycles. The van der Waals surface area contributed by atoms with E-state index in [0.717, 1.165) is 16.7 Å². The molecule has 226 valence electrons. The van der Waals surface area contributed by atoms with Gasteiger partial charge < -0.3 is 30.6 Å². The Kier molecular flexibility index (Phi) is 10.3. The van der Waals surface area contributed by atoms with E-state index in [9.17, 15) is 29.7 Å². The average molecular weight is 587 g/mol. The maximum atomic E-state index is 12.3. The van der Waals surface area contributed by atoms with Crippen molar-refractivity contribution < 1.29 is 29.7 Å². The fourth-order valence-corrected chi connectivity index (χ4v) is 5.08. The van der Waals surface area contributed by atoms with Crippen molar-refractivity contribution in [3.63, 3.8) is 0 Å². The second kappa shape index (κ2) is 13.7. The Balaban J connectivity index is 2.19. The van der Waals surface area contributed by atoms with Gasteiger partial charge in [0.2, 0.25) is 0 Å². The number of aromatic amines is 2. The third kappa shape index (κ3) is 7.40. The van der Waals surface area contributed by atoms with Crippen LogP contribution in [0.4, 0.5) is 0 Å². The van der Waals surface area contributed by atoms with Crippen LogP contribution in [0, 0.1) is 13.8 Å². The van der Waals surface area contributed by atoms with Crippen LogP contribution < -0.4 is 5.32 Å². The van der Waals surface area contributed by atoms with Gasteiger partial charge in [-0.15, -0.1) is 0 Å². The number of amides is 1. The lowest BCUT2D eigenvalue weighted by atomic mass is 9.96. The summed E-state index contributed by atoms with van der Waals surface area (Å²) in [6.45, 7) is 18.8. The number of aliphatic carboxylic acids is 2. The molecule has 1 aliphatic rings. The van der Waals surface area contributed by atoms with Crippen molar-refractivity contribution in [2.75, 3.05) is 0 Å². The third-order valence-electron chi connectivity index (χ3n) is 7.54. The Hall–Kier alpha value is -5.12. The summed E-state index contributed by atoms with van der Waals surface area (Å²) in [7, 11) is 0. The number of carboxylic acids is 2. The van der Waals surface area contributed by atoms with E-state index >= 15 is 0 Å². The summed E-state index contributed by atoms with van der Waals surface area (Å²) in [6, 6.07) is 0. The largest absolute Gasteiger partial charge is 0.494 e. The van der Waals surface area contributed by atoms with Crippen LogP contribution in [0.5, 0.6) is 5.88 Å². The van der Waals surface area contributed by atoms with Crippen LogP contribution in [-0.2, 0) is 27.2 Å². The van der Waals surface area contributed by atoms with Gasteiger partial charge in [0.25, 0.3) is 5.91 Å². The standard InChI is InChI=1S/C33H38N4O6/c1-8-21-20(7)32(42)36-27(21)14-25-19(6)24(11-13-31(40)41)28(35-25)15-26(23(17(3)4)10-12-30(38)39)34-16-29-18(5)22(9-2)33(43)37-29/h8-9,14,16,35,37,43H,1-3,10-13,15H2,4-7H3,(H,36,42)(H,38,39)(H,40,41)/b26-23-,27-14-,34-16?. The van der Waals surface area contributed by atoms with Gasteiger partial charge in [0.15, 0.2) is 5.88 Å². The lowest BCUT2D eigenvalue weighted by Gasteiger charge is -2.13. The summed E-state index contributed by atoms with van der Waals surface area (Å²) < 4.78 is 0. The zero-order chi connectivity index (χ0) is 32.0. The minimum absolute atomic E-state index is 0.0405. The molecule has 0 atom stereocenters. The number of nitrogens with zero attached hydrogens (tertiary/aromatic N) is 1. The highest BCUT2D eigenvalue weighted by atomic mass is 16.4. The molecule has 0 saturated carbocycles. The van der Waals surface area contributed by atoms with E-state index in [1.807, 2.05) is 13.8 Å². The first-order chi connectivity index (χ1) is 20.3. The number of H-pyrrole nitrogens is 2. The Bertz CT molecular complexity index is 1640. The van der Waals surface area contributed by atoms with E-state index in [2.05, 4.69) is 35.0 Å². The van der Waals surface area contributed by atoms with Crippen molar-refractivity contribution in [3.8, 4) is 5.88 Å². The van der Waals surface area contributed by atoms with Crippen molar-refractivity contribution in [1.82, 2.24) is 15.3 Å². The Morgan fingerprint density at radius 1 is 0.953 bits per heavy atom. The van der Waals surface area contributed by atoms with Crippen molar-refractivity contribution in [3.05, 3.63) is 98.8 Å². The number of hydrogen-bond acceptors (Lipinski definition) is 5.